The molecule has 0 spiro atoms. The van der Waals surface area contributed by atoms with Crippen molar-refractivity contribution in [3.63, 3.8) is 0 Å². The molecule has 1 amide bonds. The van der Waals surface area contributed by atoms with Crippen molar-refractivity contribution in [3.05, 3.63) is 47.7 Å². The van der Waals surface area contributed by atoms with Crippen molar-refractivity contribution in [2.75, 3.05) is 30.4 Å². The van der Waals surface area contributed by atoms with Gasteiger partial charge in [0.2, 0.25) is 0 Å². The van der Waals surface area contributed by atoms with E-state index in [0.29, 0.717) is 16.6 Å². The van der Waals surface area contributed by atoms with Crippen LogP contribution in [0.5, 0.6) is 0 Å². The van der Waals surface area contributed by atoms with Gasteiger partial charge in [-0.25, -0.2) is 24.5 Å². The Hall–Kier alpha value is -3.22. The average Bonchev–Trinajstić information content (AvgIpc) is 3.31. The normalized spacial score (nSPS) is 14.2. The number of hydrogen-bond donors (Lipinski definition) is 2. The number of hydrogen-bond acceptors (Lipinski definition) is 11. The standard InChI is InChI=1S/C25H30N6O4S2/c1-25(2,3)35-24(33)31(16-7-10-26-11-8-16)17-5-6-20(28-14-17)29-23-30-21(15-36-23)37-18-9-12-27-19(13-18)22(32)34-4/h5-6,9,12-16,26H,7-8,10-11H2,1-4H3,(H,28,29,30). The van der Waals surface area contributed by atoms with E-state index in [1.54, 1.807) is 23.4 Å². The summed E-state index contributed by atoms with van der Waals surface area (Å²) in [7, 11) is 1.32. The molecule has 196 valence electrons. The minimum Gasteiger partial charge on any atom is -0.464 e. The van der Waals surface area contributed by atoms with Crippen molar-refractivity contribution < 1.29 is 19.1 Å². The molecule has 0 atom stereocenters. The number of piperidine rings is 1. The first-order chi connectivity index (χ1) is 17.7. The lowest BCUT2D eigenvalue weighted by Gasteiger charge is -2.35. The van der Waals surface area contributed by atoms with Gasteiger partial charge >= 0.3 is 12.1 Å². The zero-order valence-electron chi connectivity index (χ0n) is 21.2. The van der Waals surface area contributed by atoms with Crippen molar-refractivity contribution in [2.45, 2.75) is 55.2 Å². The molecule has 0 aromatic carbocycles. The average molecular weight is 543 g/mol. The van der Waals surface area contributed by atoms with Crippen LogP contribution in [0.4, 0.5) is 21.4 Å². The first kappa shape index (κ1) is 26.8. The largest absolute Gasteiger partial charge is 0.464 e. The Balaban J connectivity index is 1.44. The lowest BCUT2D eigenvalue weighted by molar-refractivity contribution is 0.0556. The van der Waals surface area contributed by atoms with Gasteiger partial charge in [-0.05, 0) is 71.0 Å². The van der Waals surface area contributed by atoms with E-state index in [4.69, 9.17) is 9.47 Å². The molecular formula is C25H30N6O4S2. The van der Waals surface area contributed by atoms with E-state index in [0.717, 1.165) is 35.9 Å². The summed E-state index contributed by atoms with van der Waals surface area (Å²) in [5.74, 6) is 0.129. The summed E-state index contributed by atoms with van der Waals surface area (Å²) in [4.78, 5) is 40.5. The van der Waals surface area contributed by atoms with Crippen LogP contribution in [0.15, 0.2) is 52.0 Å². The Labute approximate surface area is 224 Å². The Morgan fingerprint density at radius 1 is 1.19 bits per heavy atom. The summed E-state index contributed by atoms with van der Waals surface area (Å²) in [6, 6.07) is 7.22. The van der Waals surface area contributed by atoms with Crippen LogP contribution in [0.2, 0.25) is 0 Å². The Kier molecular flexibility index (Phi) is 8.62. The Morgan fingerprint density at radius 3 is 2.65 bits per heavy atom. The molecule has 4 rings (SSSR count). The van der Waals surface area contributed by atoms with Crippen molar-refractivity contribution >= 4 is 51.8 Å². The third-order valence-electron chi connectivity index (χ3n) is 5.36. The van der Waals surface area contributed by atoms with Crippen molar-refractivity contribution in [2.24, 2.45) is 0 Å². The third kappa shape index (κ3) is 7.40. The molecule has 12 heteroatoms. The fraction of sp³-hybridized carbons (Fsp3) is 0.400. The molecular weight excluding hydrogens is 512 g/mol. The quantitative estimate of drug-likeness (QED) is 0.390. The van der Waals surface area contributed by atoms with Gasteiger partial charge in [-0.15, -0.1) is 11.3 Å². The summed E-state index contributed by atoms with van der Waals surface area (Å²) in [6.45, 7) is 7.30. The van der Waals surface area contributed by atoms with Crippen LogP contribution >= 0.6 is 23.1 Å². The van der Waals surface area contributed by atoms with Crippen LogP contribution in [0, 0.1) is 0 Å². The number of rotatable bonds is 7. The van der Waals surface area contributed by atoms with Crippen molar-refractivity contribution in [1.82, 2.24) is 20.3 Å². The van der Waals surface area contributed by atoms with Gasteiger partial charge in [0.15, 0.2) is 5.13 Å². The number of aromatic nitrogens is 3. The maximum atomic E-state index is 13.1. The van der Waals surface area contributed by atoms with Gasteiger partial charge in [-0.3, -0.25) is 4.90 Å². The van der Waals surface area contributed by atoms with Crippen LogP contribution in [0.3, 0.4) is 0 Å². The van der Waals surface area contributed by atoms with Gasteiger partial charge in [0.25, 0.3) is 0 Å². The first-order valence-electron chi connectivity index (χ1n) is 11.9. The SMILES string of the molecule is COC(=O)c1cc(Sc2csc(Nc3ccc(N(C(=O)OC(C)(C)C)C4CCNCC4)cn3)n2)ccn1. The van der Waals surface area contributed by atoms with E-state index in [1.165, 1.54) is 30.2 Å². The van der Waals surface area contributed by atoms with E-state index >= 15 is 0 Å². The summed E-state index contributed by atoms with van der Waals surface area (Å²) >= 11 is 2.86. The van der Waals surface area contributed by atoms with E-state index in [1.807, 2.05) is 44.4 Å². The molecule has 1 fully saturated rings. The smallest absolute Gasteiger partial charge is 0.415 e. The highest BCUT2D eigenvalue weighted by atomic mass is 32.2. The van der Waals surface area contributed by atoms with Gasteiger partial charge in [0, 0.05) is 22.5 Å². The van der Waals surface area contributed by atoms with Gasteiger partial charge in [0.1, 0.15) is 22.1 Å². The zero-order valence-corrected chi connectivity index (χ0v) is 22.8. The molecule has 1 aliphatic heterocycles. The van der Waals surface area contributed by atoms with E-state index < -0.39 is 11.6 Å². The third-order valence-corrected chi connectivity index (χ3v) is 7.17. The van der Waals surface area contributed by atoms with Crippen LogP contribution in [-0.4, -0.2) is 58.9 Å². The number of thiazole rings is 1. The molecule has 0 radical (unpaired) electrons. The molecule has 1 aliphatic rings. The van der Waals surface area contributed by atoms with E-state index in [9.17, 15) is 9.59 Å². The second kappa shape index (κ2) is 11.9. The number of pyridine rings is 2. The molecule has 0 unspecified atom stereocenters. The van der Waals surface area contributed by atoms with Crippen LogP contribution < -0.4 is 15.5 Å². The maximum Gasteiger partial charge on any atom is 0.415 e. The highest BCUT2D eigenvalue weighted by molar-refractivity contribution is 7.99. The molecule has 0 saturated carbocycles. The van der Waals surface area contributed by atoms with E-state index in [2.05, 4.69) is 25.6 Å². The van der Waals surface area contributed by atoms with Crippen LogP contribution in [0.1, 0.15) is 44.1 Å². The number of carbonyl (C=O) groups is 2. The first-order valence-corrected chi connectivity index (χ1v) is 13.6. The fourth-order valence-electron chi connectivity index (χ4n) is 3.73. The molecule has 0 bridgehead atoms. The number of nitrogens with one attached hydrogen (secondary N) is 2. The Morgan fingerprint density at radius 2 is 1.97 bits per heavy atom. The van der Waals surface area contributed by atoms with Gasteiger partial charge < -0.3 is 20.1 Å². The van der Waals surface area contributed by atoms with Gasteiger partial charge in [-0.2, -0.15) is 0 Å². The Bertz CT molecular complexity index is 1220. The van der Waals surface area contributed by atoms with Gasteiger partial charge in [0.05, 0.1) is 19.0 Å². The number of nitrogens with zero attached hydrogens (tertiary/aromatic N) is 4. The minimum absolute atomic E-state index is 0.0446. The molecule has 37 heavy (non-hydrogen) atoms. The predicted octanol–water partition coefficient (Wildman–Crippen LogP) is 5.11. The minimum atomic E-state index is -0.588. The highest BCUT2D eigenvalue weighted by Gasteiger charge is 2.31. The molecule has 10 nitrogen and oxygen atoms in total. The predicted molar refractivity (Wildman–Crippen MR) is 144 cm³/mol. The lowest BCUT2D eigenvalue weighted by Crippen LogP contribution is -2.48. The number of anilines is 3. The topological polar surface area (TPSA) is 119 Å². The summed E-state index contributed by atoms with van der Waals surface area (Å²) in [5.41, 5.74) is 0.353. The summed E-state index contributed by atoms with van der Waals surface area (Å²) in [6.07, 6.45) is 4.57. The van der Waals surface area contributed by atoms with Crippen molar-refractivity contribution in [3.8, 4) is 0 Å². The van der Waals surface area contributed by atoms with Crippen LogP contribution in [0.25, 0.3) is 0 Å². The maximum absolute atomic E-state index is 13.1. The van der Waals surface area contributed by atoms with Gasteiger partial charge in [-0.1, -0.05) is 11.8 Å². The lowest BCUT2D eigenvalue weighted by atomic mass is 10.0. The molecule has 3 aromatic heterocycles. The summed E-state index contributed by atoms with van der Waals surface area (Å²) < 4.78 is 10.4. The zero-order chi connectivity index (χ0) is 26.4. The number of amides is 1. The number of carbonyl (C=O) groups excluding carboxylic acids is 2. The second-order valence-corrected chi connectivity index (χ2v) is 11.3. The molecule has 2 N–H and O–H groups in total. The number of esters is 1. The fourth-order valence-corrected chi connectivity index (χ4v) is 5.38. The monoisotopic (exact) mass is 542 g/mol. The second-order valence-electron chi connectivity index (χ2n) is 9.32. The van der Waals surface area contributed by atoms with Crippen molar-refractivity contribution in [1.29, 1.82) is 0 Å². The molecule has 0 aliphatic carbocycles. The van der Waals surface area contributed by atoms with Crippen LogP contribution in [-0.2, 0) is 9.47 Å². The molecule has 3 aromatic rings. The number of ether oxygens (including phenoxy) is 2. The highest BCUT2D eigenvalue weighted by Crippen LogP contribution is 2.32. The number of methoxy groups -OCH3 is 1. The molecule has 4 heterocycles. The van der Waals surface area contributed by atoms with E-state index in [-0.39, 0.29) is 17.8 Å². The summed E-state index contributed by atoms with van der Waals surface area (Å²) in [5, 5.41) is 9.91. The molecule has 1 saturated heterocycles.